The van der Waals surface area contributed by atoms with Crippen LogP contribution in [0.2, 0.25) is 0 Å². The molecular formula is C24H23FN4O4. The minimum Gasteiger partial charge on any atom is -0.497 e. The first kappa shape index (κ1) is 22.2. The Balaban J connectivity index is 1.86. The van der Waals surface area contributed by atoms with Crippen LogP contribution in [-0.4, -0.2) is 30.4 Å². The molecule has 0 radical (unpaired) electrons. The normalized spacial score (nSPS) is 16.0. The largest absolute Gasteiger partial charge is 0.497 e. The van der Waals surface area contributed by atoms with Gasteiger partial charge in [-0.1, -0.05) is 0 Å². The predicted octanol–water partition coefficient (Wildman–Crippen LogP) is 4.17. The fraction of sp³-hybridized carbons (Fsp3) is 0.250. The third-order valence-electron chi connectivity index (χ3n) is 5.45. The number of nitriles is 1. The number of nitrogens with zero attached hydrogens (tertiary/aromatic N) is 2. The highest BCUT2D eigenvalue weighted by molar-refractivity contribution is 5.68. The van der Waals surface area contributed by atoms with Crippen molar-refractivity contribution in [3.8, 4) is 29.2 Å². The molecule has 8 nitrogen and oxygen atoms in total. The monoisotopic (exact) mass is 450 g/mol. The lowest BCUT2D eigenvalue weighted by Crippen LogP contribution is -2.44. The molecule has 9 heteroatoms. The van der Waals surface area contributed by atoms with Crippen LogP contribution in [0.25, 0.3) is 0 Å². The molecule has 1 aromatic heterocycles. The quantitative estimate of drug-likeness (QED) is 0.347. The molecule has 0 spiro atoms. The van der Waals surface area contributed by atoms with Crippen molar-refractivity contribution >= 4 is 11.5 Å². The van der Waals surface area contributed by atoms with E-state index in [1.807, 2.05) is 13.1 Å². The average Bonchev–Trinajstić information content (AvgIpc) is 2.82. The van der Waals surface area contributed by atoms with Crippen molar-refractivity contribution in [1.82, 2.24) is 10.3 Å². The summed E-state index contributed by atoms with van der Waals surface area (Å²) in [5.41, 5.74) is 0.308. The molecule has 0 fully saturated rings. The van der Waals surface area contributed by atoms with E-state index in [1.54, 1.807) is 42.6 Å². The first-order chi connectivity index (χ1) is 16.1. The van der Waals surface area contributed by atoms with Crippen LogP contribution in [0.5, 0.6) is 23.0 Å². The Morgan fingerprint density at radius 2 is 2.09 bits per heavy atom. The van der Waals surface area contributed by atoms with Crippen molar-refractivity contribution in [2.24, 2.45) is 0 Å². The predicted molar refractivity (Wildman–Crippen MR) is 119 cm³/mol. The lowest BCUT2D eigenvalue weighted by Gasteiger charge is -2.39. The second-order valence-corrected chi connectivity index (χ2v) is 7.32. The first-order valence-electron chi connectivity index (χ1n) is 10.4. The summed E-state index contributed by atoms with van der Waals surface area (Å²) < 4.78 is 31.7. The number of nitrogens with one attached hydrogen (secondary N) is 2. The topological polar surface area (TPSA) is 109 Å². The molecule has 3 aromatic rings. The van der Waals surface area contributed by atoms with Crippen molar-refractivity contribution in [1.29, 1.82) is 5.26 Å². The van der Waals surface area contributed by atoms with E-state index < -0.39 is 11.4 Å². The zero-order chi connectivity index (χ0) is 23.4. The van der Waals surface area contributed by atoms with E-state index in [1.165, 1.54) is 13.2 Å². The molecule has 33 heavy (non-hydrogen) atoms. The third-order valence-corrected chi connectivity index (χ3v) is 5.45. The Morgan fingerprint density at radius 3 is 2.82 bits per heavy atom. The van der Waals surface area contributed by atoms with Crippen molar-refractivity contribution < 1.29 is 23.7 Å². The van der Waals surface area contributed by atoms with Crippen molar-refractivity contribution in [3.05, 3.63) is 65.6 Å². The Morgan fingerprint density at radius 1 is 1.24 bits per heavy atom. The number of methoxy groups -OCH3 is 1. The number of aliphatic hydroxyl groups is 1. The molecule has 0 saturated heterocycles. The van der Waals surface area contributed by atoms with Gasteiger partial charge in [0.05, 0.1) is 13.7 Å². The summed E-state index contributed by atoms with van der Waals surface area (Å²) in [6.45, 7) is 2.10. The molecule has 2 aromatic carbocycles. The highest BCUT2D eigenvalue weighted by atomic mass is 19.1. The summed E-state index contributed by atoms with van der Waals surface area (Å²) in [5.74, 6) is 1.08. The number of aromatic nitrogens is 1. The molecule has 0 unspecified atom stereocenters. The van der Waals surface area contributed by atoms with E-state index >= 15 is 0 Å². The minimum atomic E-state index is -1.24. The van der Waals surface area contributed by atoms with Gasteiger partial charge in [-0.15, -0.1) is 0 Å². The van der Waals surface area contributed by atoms with Crippen LogP contribution in [-0.2, 0) is 5.54 Å². The molecule has 0 saturated carbocycles. The van der Waals surface area contributed by atoms with E-state index in [0.717, 1.165) is 0 Å². The second-order valence-electron chi connectivity index (χ2n) is 7.32. The molecule has 3 N–H and O–H groups in total. The maximum absolute atomic E-state index is 14.9. The summed E-state index contributed by atoms with van der Waals surface area (Å²) in [6.07, 6.45) is 3.70. The smallest absolute Gasteiger partial charge is 0.177 e. The molecule has 1 aliphatic rings. The van der Waals surface area contributed by atoms with Crippen molar-refractivity contribution in [2.75, 3.05) is 25.6 Å². The molecular weight excluding hydrogens is 427 g/mol. The molecule has 2 heterocycles. The van der Waals surface area contributed by atoms with E-state index in [-0.39, 0.29) is 24.5 Å². The van der Waals surface area contributed by atoms with Gasteiger partial charge in [0, 0.05) is 42.1 Å². The fourth-order valence-corrected chi connectivity index (χ4v) is 4.02. The van der Waals surface area contributed by atoms with E-state index in [4.69, 9.17) is 14.2 Å². The first-order valence-corrected chi connectivity index (χ1v) is 10.4. The van der Waals surface area contributed by atoms with Crippen LogP contribution >= 0.6 is 0 Å². The van der Waals surface area contributed by atoms with Crippen LogP contribution in [0.15, 0.2) is 48.7 Å². The van der Waals surface area contributed by atoms with Crippen LogP contribution in [0.4, 0.5) is 15.9 Å². The van der Waals surface area contributed by atoms with Gasteiger partial charge in [-0.05, 0) is 43.3 Å². The number of ether oxygens (including phenoxy) is 3. The summed E-state index contributed by atoms with van der Waals surface area (Å²) in [5, 5.41) is 25.5. The number of rotatable bonds is 8. The third kappa shape index (κ3) is 3.97. The Hall–Kier alpha value is -4.03. The molecule has 170 valence electrons. The van der Waals surface area contributed by atoms with E-state index in [0.29, 0.717) is 40.7 Å². The number of fused-ring (bicyclic) bond motifs is 2. The lowest BCUT2D eigenvalue weighted by molar-refractivity contribution is 0.232. The zero-order valence-corrected chi connectivity index (χ0v) is 18.2. The van der Waals surface area contributed by atoms with Gasteiger partial charge < -0.3 is 30.0 Å². The van der Waals surface area contributed by atoms with Gasteiger partial charge in [0.2, 0.25) is 0 Å². The second kappa shape index (κ2) is 9.22. The molecule has 0 aliphatic carbocycles. The lowest BCUT2D eigenvalue weighted by atomic mass is 9.77. The van der Waals surface area contributed by atoms with Gasteiger partial charge in [-0.3, -0.25) is 0 Å². The van der Waals surface area contributed by atoms with Gasteiger partial charge in [-0.25, -0.2) is 9.37 Å². The molecule has 0 bridgehead atoms. The van der Waals surface area contributed by atoms with Gasteiger partial charge in [0.1, 0.15) is 17.0 Å². The van der Waals surface area contributed by atoms with Gasteiger partial charge >= 0.3 is 0 Å². The number of pyridine rings is 1. The van der Waals surface area contributed by atoms with Gasteiger partial charge in [-0.2, -0.15) is 5.26 Å². The number of halogens is 1. The maximum Gasteiger partial charge on any atom is 0.177 e. The van der Waals surface area contributed by atoms with Crippen LogP contribution in [0, 0.1) is 17.3 Å². The highest BCUT2D eigenvalue weighted by Crippen LogP contribution is 2.51. The number of aliphatic hydroxyl groups excluding tert-OH is 1. The van der Waals surface area contributed by atoms with Crippen molar-refractivity contribution in [3.63, 3.8) is 0 Å². The standard InChI is InChI=1S/C24H23FN4O4/c1-3-32-21-5-4-9-27-23(21)29-15-6-7-20-17(11-15)24(8-10-30,28-14-26)18-12-16(31-2)13-19(25)22(18)33-20/h4-7,9,11-13,28,30H,3,8,10H2,1-2H3,(H,27,29)/t24-/m0/s1. The van der Waals surface area contributed by atoms with E-state index in [9.17, 15) is 14.8 Å². The fourth-order valence-electron chi connectivity index (χ4n) is 4.02. The van der Waals surface area contributed by atoms with Crippen molar-refractivity contribution in [2.45, 2.75) is 18.9 Å². The maximum atomic E-state index is 14.9. The summed E-state index contributed by atoms with van der Waals surface area (Å²) in [6, 6.07) is 11.6. The molecule has 1 aliphatic heterocycles. The van der Waals surface area contributed by atoms with Crippen LogP contribution in [0.3, 0.4) is 0 Å². The molecule has 1 atom stereocenters. The number of anilines is 2. The number of hydrogen-bond donors (Lipinski definition) is 3. The molecule has 4 rings (SSSR count). The van der Waals surface area contributed by atoms with Gasteiger partial charge in [0.25, 0.3) is 0 Å². The summed E-state index contributed by atoms with van der Waals surface area (Å²) in [4.78, 5) is 4.34. The van der Waals surface area contributed by atoms with Gasteiger partial charge in [0.15, 0.2) is 29.3 Å². The number of hydrogen-bond acceptors (Lipinski definition) is 8. The highest BCUT2D eigenvalue weighted by Gasteiger charge is 2.44. The van der Waals surface area contributed by atoms with E-state index in [2.05, 4.69) is 15.6 Å². The average molecular weight is 450 g/mol. The minimum absolute atomic E-state index is 0.0245. The summed E-state index contributed by atoms with van der Waals surface area (Å²) in [7, 11) is 1.43. The SMILES string of the molecule is CCOc1cccnc1Nc1ccc2c(c1)[C@](CCO)(NC#N)c1cc(OC)cc(F)c1O2. The Labute approximate surface area is 190 Å². The zero-order valence-electron chi connectivity index (χ0n) is 18.2. The Kier molecular flexibility index (Phi) is 6.20. The number of benzene rings is 2. The van der Waals surface area contributed by atoms with Crippen LogP contribution < -0.4 is 24.8 Å². The van der Waals surface area contributed by atoms with Crippen LogP contribution in [0.1, 0.15) is 24.5 Å². The molecule has 0 amide bonds. The Bertz CT molecular complexity index is 1210. The summed E-state index contributed by atoms with van der Waals surface area (Å²) >= 11 is 0.